The molecule has 0 saturated carbocycles. The van der Waals surface area contributed by atoms with Crippen LogP contribution in [0, 0.1) is 0 Å². The number of amides is 1. The molecule has 1 amide bonds. The average Bonchev–Trinajstić information content (AvgIpc) is 2.31. The van der Waals surface area contributed by atoms with Gasteiger partial charge in [0.1, 0.15) is 5.75 Å². The Labute approximate surface area is 123 Å². The summed E-state index contributed by atoms with van der Waals surface area (Å²) in [5, 5.41) is 9.08. The summed E-state index contributed by atoms with van der Waals surface area (Å²) in [6.07, 6.45) is -0.576. The van der Waals surface area contributed by atoms with Gasteiger partial charge in [-0.25, -0.2) is 0 Å². The number of hydrogen-bond acceptors (Lipinski definition) is 3. The fourth-order valence-corrected chi connectivity index (χ4v) is 2.88. The van der Waals surface area contributed by atoms with E-state index in [0.29, 0.717) is 14.7 Å². The van der Waals surface area contributed by atoms with Crippen LogP contribution in [-0.2, 0) is 11.4 Å². The summed E-state index contributed by atoms with van der Waals surface area (Å²) in [5.41, 5.74) is 0.757. The van der Waals surface area contributed by atoms with Gasteiger partial charge in [-0.15, -0.1) is 0 Å². The standard InChI is InChI=1S/C12H15Br2NO3/c1-7(12(17)15(2)3)18-11-9(13)4-8(6-16)5-10(11)14/h4-5,7,16H,6H2,1-3H3. The van der Waals surface area contributed by atoms with Crippen LogP contribution in [0.25, 0.3) is 0 Å². The van der Waals surface area contributed by atoms with Gasteiger partial charge in [-0.1, -0.05) is 0 Å². The Bertz CT molecular complexity index is 426. The lowest BCUT2D eigenvalue weighted by Crippen LogP contribution is -2.35. The van der Waals surface area contributed by atoms with E-state index in [-0.39, 0.29) is 12.5 Å². The number of ether oxygens (including phenoxy) is 1. The first-order chi connectivity index (χ1) is 8.36. The summed E-state index contributed by atoms with van der Waals surface area (Å²) >= 11 is 6.72. The monoisotopic (exact) mass is 379 g/mol. The number of hydrogen-bond donors (Lipinski definition) is 1. The second kappa shape index (κ2) is 6.54. The van der Waals surface area contributed by atoms with Crippen molar-refractivity contribution in [1.82, 2.24) is 4.90 Å². The molecule has 0 aromatic heterocycles. The normalized spacial score (nSPS) is 12.1. The minimum atomic E-state index is -0.576. The van der Waals surface area contributed by atoms with Gasteiger partial charge in [0, 0.05) is 14.1 Å². The first kappa shape index (κ1) is 15.5. The Morgan fingerprint density at radius 3 is 2.28 bits per heavy atom. The van der Waals surface area contributed by atoms with Crippen LogP contribution in [0.1, 0.15) is 12.5 Å². The molecule has 100 valence electrons. The number of carbonyl (C=O) groups excluding carboxylic acids is 1. The van der Waals surface area contributed by atoms with Crippen LogP contribution in [0.15, 0.2) is 21.1 Å². The molecule has 0 heterocycles. The number of aliphatic hydroxyl groups excluding tert-OH is 1. The van der Waals surface area contributed by atoms with Gasteiger partial charge in [0.2, 0.25) is 0 Å². The lowest BCUT2D eigenvalue weighted by molar-refractivity contribution is -0.135. The summed E-state index contributed by atoms with van der Waals surface area (Å²) < 4.78 is 7.02. The highest BCUT2D eigenvalue weighted by Gasteiger charge is 2.19. The molecule has 0 radical (unpaired) electrons. The van der Waals surface area contributed by atoms with Gasteiger partial charge in [0.05, 0.1) is 15.6 Å². The van der Waals surface area contributed by atoms with Crippen molar-refractivity contribution >= 4 is 37.8 Å². The van der Waals surface area contributed by atoms with Gasteiger partial charge >= 0.3 is 0 Å². The third kappa shape index (κ3) is 3.70. The molecule has 1 N–H and O–H groups in total. The third-order valence-corrected chi connectivity index (χ3v) is 3.50. The van der Waals surface area contributed by atoms with Crippen LogP contribution in [0.3, 0.4) is 0 Å². The molecule has 1 rings (SSSR count). The van der Waals surface area contributed by atoms with Crippen LogP contribution < -0.4 is 4.74 Å². The number of halogens is 2. The van der Waals surface area contributed by atoms with Gasteiger partial charge in [0.15, 0.2) is 6.10 Å². The maximum absolute atomic E-state index is 11.7. The fourth-order valence-electron chi connectivity index (χ4n) is 1.41. The van der Waals surface area contributed by atoms with E-state index in [4.69, 9.17) is 9.84 Å². The van der Waals surface area contributed by atoms with Crippen molar-refractivity contribution in [2.75, 3.05) is 14.1 Å². The molecule has 0 bridgehead atoms. The summed E-state index contributed by atoms with van der Waals surface area (Å²) in [6.45, 7) is 1.64. The van der Waals surface area contributed by atoms with Crippen LogP contribution in [-0.4, -0.2) is 36.1 Å². The van der Waals surface area contributed by atoms with Crippen LogP contribution in [0.2, 0.25) is 0 Å². The molecule has 18 heavy (non-hydrogen) atoms. The Hall–Kier alpha value is -0.590. The largest absolute Gasteiger partial charge is 0.479 e. The van der Waals surface area contributed by atoms with E-state index >= 15 is 0 Å². The van der Waals surface area contributed by atoms with Gasteiger partial charge in [-0.3, -0.25) is 4.79 Å². The number of rotatable bonds is 4. The highest BCUT2D eigenvalue weighted by atomic mass is 79.9. The molecule has 1 atom stereocenters. The second-order valence-electron chi connectivity index (χ2n) is 4.04. The summed E-state index contributed by atoms with van der Waals surface area (Å²) in [4.78, 5) is 13.2. The molecule has 0 spiro atoms. The van der Waals surface area contributed by atoms with Crippen LogP contribution in [0.5, 0.6) is 5.75 Å². The van der Waals surface area contributed by atoms with Gasteiger partial charge in [-0.2, -0.15) is 0 Å². The summed E-state index contributed by atoms with van der Waals surface area (Å²) in [7, 11) is 3.36. The zero-order chi connectivity index (χ0) is 13.9. The fraction of sp³-hybridized carbons (Fsp3) is 0.417. The van der Waals surface area contributed by atoms with Crippen LogP contribution in [0.4, 0.5) is 0 Å². The third-order valence-electron chi connectivity index (χ3n) is 2.32. The Balaban J connectivity index is 2.95. The predicted octanol–water partition coefficient (Wildman–Crippen LogP) is 2.56. The second-order valence-corrected chi connectivity index (χ2v) is 5.75. The highest BCUT2D eigenvalue weighted by molar-refractivity contribution is 9.11. The van der Waals surface area contributed by atoms with Crippen molar-refractivity contribution in [1.29, 1.82) is 0 Å². The molecule has 1 aromatic carbocycles. The van der Waals surface area contributed by atoms with E-state index in [2.05, 4.69) is 31.9 Å². The molecule has 0 aliphatic carbocycles. The number of aliphatic hydroxyl groups is 1. The molecule has 1 unspecified atom stereocenters. The highest BCUT2D eigenvalue weighted by Crippen LogP contribution is 2.35. The molecule has 0 aliphatic rings. The smallest absolute Gasteiger partial charge is 0.262 e. The van der Waals surface area contributed by atoms with Crippen molar-refractivity contribution < 1.29 is 14.6 Å². The van der Waals surface area contributed by atoms with E-state index < -0.39 is 6.10 Å². The zero-order valence-corrected chi connectivity index (χ0v) is 13.6. The minimum absolute atomic E-state index is 0.0519. The van der Waals surface area contributed by atoms with Crippen molar-refractivity contribution in [3.05, 3.63) is 26.6 Å². The minimum Gasteiger partial charge on any atom is -0.479 e. The molecule has 0 saturated heterocycles. The zero-order valence-electron chi connectivity index (χ0n) is 10.4. The van der Waals surface area contributed by atoms with Gasteiger partial charge in [-0.05, 0) is 56.5 Å². The topological polar surface area (TPSA) is 49.8 Å². The van der Waals surface area contributed by atoms with E-state index in [0.717, 1.165) is 5.56 Å². The SMILES string of the molecule is CC(Oc1c(Br)cc(CO)cc1Br)C(=O)N(C)C. The summed E-state index contributed by atoms with van der Waals surface area (Å²) in [5.74, 6) is 0.440. The first-order valence-electron chi connectivity index (χ1n) is 5.33. The maximum Gasteiger partial charge on any atom is 0.262 e. The Kier molecular flexibility index (Phi) is 5.62. The van der Waals surface area contributed by atoms with Crippen molar-refractivity contribution in [2.24, 2.45) is 0 Å². The number of likely N-dealkylation sites (N-methyl/N-ethyl adjacent to an activating group) is 1. The van der Waals surface area contributed by atoms with E-state index in [1.807, 2.05) is 0 Å². The average molecular weight is 381 g/mol. The first-order valence-corrected chi connectivity index (χ1v) is 6.92. The van der Waals surface area contributed by atoms with E-state index in [9.17, 15) is 4.79 Å². The van der Waals surface area contributed by atoms with Gasteiger partial charge < -0.3 is 14.7 Å². The van der Waals surface area contributed by atoms with Crippen molar-refractivity contribution in [3.63, 3.8) is 0 Å². The predicted molar refractivity (Wildman–Crippen MR) is 76.5 cm³/mol. The summed E-state index contributed by atoms with van der Waals surface area (Å²) in [6, 6.07) is 3.51. The Morgan fingerprint density at radius 2 is 1.89 bits per heavy atom. The number of benzene rings is 1. The lowest BCUT2D eigenvalue weighted by atomic mass is 10.2. The molecular weight excluding hydrogens is 366 g/mol. The van der Waals surface area contributed by atoms with E-state index in [1.165, 1.54) is 4.90 Å². The quantitative estimate of drug-likeness (QED) is 0.873. The van der Waals surface area contributed by atoms with Crippen molar-refractivity contribution in [2.45, 2.75) is 19.6 Å². The van der Waals surface area contributed by atoms with Gasteiger partial charge in [0.25, 0.3) is 5.91 Å². The number of nitrogens with zero attached hydrogens (tertiary/aromatic N) is 1. The Morgan fingerprint density at radius 1 is 1.39 bits per heavy atom. The molecule has 6 heteroatoms. The molecule has 1 aromatic rings. The van der Waals surface area contributed by atoms with E-state index in [1.54, 1.807) is 33.2 Å². The lowest BCUT2D eigenvalue weighted by Gasteiger charge is -2.20. The molecule has 4 nitrogen and oxygen atoms in total. The molecule has 0 fully saturated rings. The van der Waals surface area contributed by atoms with Crippen molar-refractivity contribution in [3.8, 4) is 5.75 Å². The molecular formula is C12H15Br2NO3. The van der Waals surface area contributed by atoms with Crippen LogP contribution >= 0.6 is 31.9 Å². The molecule has 0 aliphatic heterocycles. The number of carbonyl (C=O) groups is 1. The maximum atomic E-state index is 11.7.